The molecule has 0 unspecified atom stereocenters. The van der Waals surface area contributed by atoms with Crippen molar-refractivity contribution >= 4 is 17.9 Å². The molecule has 1 aliphatic heterocycles. The molecule has 1 aliphatic rings. The summed E-state index contributed by atoms with van der Waals surface area (Å²) < 4.78 is 5.10. The predicted octanol–water partition coefficient (Wildman–Crippen LogP) is -0.554. The SMILES string of the molecule is CCCNC(=O)CNC(=O)NC1(C(=O)O)CCOCC1. The van der Waals surface area contributed by atoms with E-state index in [-0.39, 0.29) is 38.5 Å². The van der Waals surface area contributed by atoms with Crippen LogP contribution in [0.4, 0.5) is 4.79 Å². The zero-order valence-corrected chi connectivity index (χ0v) is 11.5. The minimum atomic E-state index is -1.32. The van der Waals surface area contributed by atoms with Gasteiger partial charge < -0.3 is 25.8 Å². The summed E-state index contributed by atoms with van der Waals surface area (Å²) in [5.41, 5.74) is -1.32. The second-order valence-corrected chi connectivity index (χ2v) is 4.66. The molecule has 1 rings (SSSR count). The van der Waals surface area contributed by atoms with Crippen LogP contribution in [0.5, 0.6) is 0 Å². The second kappa shape index (κ2) is 7.68. The highest BCUT2D eigenvalue weighted by atomic mass is 16.5. The fourth-order valence-electron chi connectivity index (χ4n) is 1.86. The second-order valence-electron chi connectivity index (χ2n) is 4.66. The molecule has 0 aromatic carbocycles. The molecule has 1 heterocycles. The average Bonchev–Trinajstić information content (AvgIpc) is 2.43. The molecule has 0 atom stereocenters. The maximum Gasteiger partial charge on any atom is 0.329 e. The Kier molecular flexibility index (Phi) is 6.23. The summed E-state index contributed by atoms with van der Waals surface area (Å²) in [5, 5.41) is 16.6. The van der Waals surface area contributed by atoms with E-state index in [1.807, 2.05) is 6.92 Å². The van der Waals surface area contributed by atoms with Crippen LogP contribution in [0.1, 0.15) is 26.2 Å². The molecular formula is C12H21N3O5. The van der Waals surface area contributed by atoms with Gasteiger partial charge in [0.05, 0.1) is 6.54 Å². The molecule has 1 fully saturated rings. The van der Waals surface area contributed by atoms with Gasteiger partial charge in [0.2, 0.25) is 5.91 Å². The van der Waals surface area contributed by atoms with Gasteiger partial charge in [0, 0.05) is 32.6 Å². The number of carbonyl (C=O) groups excluding carboxylic acids is 2. The molecular weight excluding hydrogens is 266 g/mol. The number of carbonyl (C=O) groups is 3. The van der Waals surface area contributed by atoms with Gasteiger partial charge in [0.25, 0.3) is 0 Å². The van der Waals surface area contributed by atoms with E-state index in [0.717, 1.165) is 6.42 Å². The van der Waals surface area contributed by atoms with Gasteiger partial charge in [-0.3, -0.25) is 4.79 Å². The maximum absolute atomic E-state index is 11.7. The van der Waals surface area contributed by atoms with Crippen LogP contribution in [0.25, 0.3) is 0 Å². The third-order valence-electron chi connectivity index (χ3n) is 3.09. The van der Waals surface area contributed by atoms with Gasteiger partial charge in [-0.25, -0.2) is 9.59 Å². The Morgan fingerprint density at radius 3 is 2.40 bits per heavy atom. The third-order valence-corrected chi connectivity index (χ3v) is 3.09. The number of hydrogen-bond acceptors (Lipinski definition) is 4. The summed E-state index contributed by atoms with van der Waals surface area (Å²) in [6.45, 7) is 2.84. The van der Waals surface area contributed by atoms with Crippen LogP contribution >= 0.6 is 0 Å². The normalized spacial score (nSPS) is 17.1. The number of urea groups is 1. The Hall–Kier alpha value is -1.83. The molecule has 4 N–H and O–H groups in total. The Labute approximate surface area is 117 Å². The van der Waals surface area contributed by atoms with Crippen LogP contribution in [0.15, 0.2) is 0 Å². The van der Waals surface area contributed by atoms with Crippen molar-refractivity contribution in [2.75, 3.05) is 26.3 Å². The van der Waals surface area contributed by atoms with Crippen LogP contribution in [-0.4, -0.2) is 54.9 Å². The Bertz CT molecular complexity index is 366. The minimum absolute atomic E-state index is 0.183. The van der Waals surface area contributed by atoms with Crippen molar-refractivity contribution in [3.05, 3.63) is 0 Å². The van der Waals surface area contributed by atoms with Gasteiger partial charge in [0.1, 0.15) is 5.54 Å². The summed E-state index contributed by atoms with van der Waals surface area (Å²) in [4.78, 5) is 34.3. The lowest BCUT2D eigenvalue weighted by atomic mass is 9.90. The molecule has 8 heteroatoms. The van der Waals surface area contributed by atoms with Gasteiger partial charge in [-0.15, -0.1) is 0 Å². The Balaban J connectivity index is 2.43. The highest BCUT2D eigenvalue weighted by Crippen LogP contribution is 2.20. The molecule has 3 amide bonds. The summed E-state index contributed by atoms with van der Waals surface area (Å²) in [6.07, 6.45) is 1.22. The molecule has 0 saturated carbocycles. The van der Waals surface area contributed by atoms with E-state index in [0.29, 0.717) is 6.54 Å². The number of ether oxygens (including phenoxy) is 1. The van der Waals surface area contributed by atoms with E-state index in [1.165, 1.54) is 0 Å². The number of carboxylic acid groups (broad SMARTS) is 1. The van der Waals surface area contributed by atoms with Gasteiger partial charge in [-0.05, 0) is 6.42 Å². The molecule has 0 radical (unpaired) electrons. The molecule has 20 heavy (non-hydrogen) atoms. The smallest absolute Gasteiger partial charge is 0.329 e. The first-order chi connectivity index (χ1) is 9.50. The minimum Gasteiger partial charge on any atom is -0.480 e. The van der Waals surface area contributed by atoms with E-state index >= 15 is 0 Å². The van der Waals surface area contributed by atoms with Crippen LogP contribution < -0.4 is 16.0 Å². The molecule has 0 bridgehead atoms. The third kappa shape index (κ3) is 4.69. The highest BCUT2D eigenvalue weighted by Gasteiger charge is 2.41. The molecule has 0 spiro atoms. The lowest BCUT2D eigenvalue weighted by Crippen LogP contribution is -2.60. The van der Waals surface area contributed by atoms with E-state index in [1.54, 1.807) is 0 Å². The van der Waals surface area contributed by atoms with Crippen molar-refractivity contribution in [3.63, 3.8) is 0 Å². The summed E-state index contributed by atoms with van der Waals surface area (Å²) >= 11 is 0. The number of aliphatic carboxylic acids is 1. The van der Waals surface area contributed by atoms with Crippen molar-refractivity contribution in [1.29, 1.82) is 0 Å². The van der Waals surface area contributed by atoms with Gasteiger partial charge >= 0.3 is 12.0 Å². The van der Waals surface area contributed by atoms with E-state index in [2.05, 4.69) is 16.0 Å². The van der Waals surface area contributed by atoms with Crippen LogP contribution in [0, 0.1) is 0 Å². The van der Waals surface area contributed by atoms with Crippen molar-refractivity contribution in [2.24, 2.45) is 0 Å². The monoisotopic (exact) mass is 287 g/mol. The Morgan fingerprint density at radius 1 is 1.20 bits per heavy atom. The highest BCUT2D eigenvalue weighted by molar-refractivity contribution is 5.88. The summed E-state index contributed by atoms with van der Waals surface area (Å²) in [7, 11) is 0. The standard InChI is InChI=1S/C12H21N3O5/c1-2-5-13-9(16)8-14-11(19)15-12(10(17)18)3-6-20-7-4-12/h2-8H2,1H3,(H,13,16)(H,17,18)(H2,14,15,19). The first kappa shape index (κ1) is 16.2. The average molecular weight is 287 g/mol. The Morgan fingerprint density at radius 2 is 1.85 bits per heavy atom. The zero-order valence-electron chi connectivity index (χ0n) is 11.5. The maximum atomic E-state index is 11.7. The van der Waals surface area contributed by atoms with E-state index in [9.17, 15) is 19.5 Å². The molecule has 114 valence electrons. The molecule has 0 aliphatic carbocycles. The van der Waals surface area contributed by atoms with Crippen LogP contribution in [0.3, 0.4) is 0 Å². The molecule has 8 nitrogen and oxygen atoms in total. The van der Waals surface area contributed by atoms with Gasteiger partial charge in [-0.2, -0.15) is 0 Å². The van der Waals surface area contributed by atoms with Crippen LogP contribution in [0.2, 0.25) is 0 Å². The summed E-state index contributed by atoms with van der Waals surface area (Å²) in [6, 6.07) is -0.666. The molecule has 0 aromatic heterocycles. The van der Waals surface area contributed by atoms with Crippen molar-refractivity contribution < 1.29 is 24.2 Å². The summed E-state index contributed by atoms with van der Waals surface area (Å²) in [5.74, 6) is -1.40. The van der Waals surface area contributed by atoms with E-state index in [4.69, 9.17) is 4.74 Å². The zero-order chi connectivity index (χ0) is 15.0. The number of rotatable bonds is 6. The number of nitrogens with one attached hydrogen (secondary N) is 3. The van der Waals surface area contributed by atoms with E-state index < -0.39 is 17.5 Å². The fourth-order valence-corrected chi connectivity index (χ4v) is 1.86. The predicted molar refractivity (Wildman–Crippen MR) is 70.3 cm³/mol. The number of hydrogen-bond donors (Lipinski definition) is 4. The van der Waals surface area contributed by atoms with Crippen LogP contribution in [-0.2, 0) is 14.3 Å². The first-order valence-corrected chi connectivity index (χ1v) is 6.64. The number of carboxylic acids is 1. The van der Waals surface area contributed by atoms with Crippen molar-refractivity contribution in [3.8, 4) is 0 Å². The fraction of sp³-hybridized carbons (Fsp3) is 0.750. The lowest BCUT2D eigenvalue weighted by Gasteiger charge is -2.33. The lowest BCUT2D eigenvalue weighted by molar-refractivity contribution is -0.148. The number of amides is 3. The largest absolute Gasteiger partial charge is 0.480 e. The van der Waals surface area contributed by atoms with Crippen molar-refractivity contribution in [2.45, 2.75) is 31.7 Å². The quantitative estimate of drug-likeness (QED) is 0.523. The van der Waals surface area contributed by atoms with Gasteiger partial charge in [-0.1, -0.05) is 6.92 Å². The molecule has 0 aromatic rings. The van der Waals surface area contributed by atoms with Crippen molar-refractivity contribution in [1.82, 2.24) is 16.0 Å². The topological polar surface area (TPSA) is 117 Å². The molecule has 1 saturated heterocycles. The first-order valence-electron chi connectivity index (χ1n) is 6.64. The van der Waals surface area contributed by atoms with Gasteiger partial charge in [0.15, 0.2) is 0 Å².